The molecule has 0 saturated heterocycles. The molecule has 7 nitrogen and oxygen atoms in total. The molecule has 0 atom stereocenters. The quantitative estimate of drug-likeness (QED) is 0.292. The molecule has 0 aliphatic rings. The van der Waals surface area contributed by atoms with Crippen LogP contribution in [0.15, 0.2) is 18.5 Å². The Morgan fingerprint density at radius 3 is 1.24 bits per heavy atom. The fraction of sp³-hybridized carbons (Fsp3) is 0.600. The fourth-order valence-corrected chi connectivity index (χ4v) is 7.91. The normalized spacial score (nSPS) is 14.0. The number of pyridine rings is 1. The lowest BCUT2D eigenvalue weighted by Crippen LogP contribution is -2.47. The molecule has 1 rings (SSSR count). The Kier molecular flexibility index (Phi) is 10.0. The molecule has 0 saturated carbocycles. The summed E-state index contributed by atoms with van der Waals surface area (Å²) < 4.78 is 170. The number of nitrogens with zero attached hydrogens (tertiary/aromatic N) is 1. The number of hydrogen-bond acceptors (Lipinski definition) is 6. The van der Waals surface area contributed by atoms with E-state index < -0.39 is 50.0 Å². The van der Waals surface area contributed by atoms with Gasteiger partial charge in [-0.1, -0.05) is 13.3 Å². The maximum Gasteiger partial charge on any atom is 0.470 e. The van der Waals surface area contributed by atoms with Crippen molar-refractivity contribution in [3.8, 4) is 0 Å². The predicted octanol–water partition coefficient (Wildman–Crippen LogP) is 3.63. The molecule has 1 aromatic heterocycles. The average molecular weight is 575 g/mol. The summed E-state index contributed by atoms with van der Waals surface area (Å²) in [6, 6.07) is 2.21. The van der Waals surface area contributed by atoms with Crippen LogP contribution in [0.5, 0.6) is 0 Å². The first-order chi connectivity index (χ1) is 14.8. The number of sulfone groups is 3. The summed E-state index contributed by atoms with van der Waals surface area (Å²) in [5.74, 6) is 0. The zero-order chi connectivity index (χ0) is 27.6. The number of aryl methyl sites for hydroxylation is 3. The number of hydrogen-bond donors (Lipinski definition) is 0. The standard InChI is InChI=1S/C11H18N.C4F9O6S3/c1-4-5-6-12-8-10(2)7-11(3)9-12;5-2(6,7)20(14,15)1(21(16,17)3(8,9)10)22(18,19)4(11,12)13/h7-9H,4-6H2,1-3H3;/q+1;-1. The third kappa shape index (κ3) is 7.43. The summed E-state index contributed by atoms with van der Waals surface area (Å²) in [6.07, 6.45) is 6.96. The van der Waals surface area contributed by atoms with E-state index in [4.69, 9.17) is 0 Å². The Balaban J connectivity index is 0.000000757. The van der Waals surface area contributed by atoms with Crippen molar-refractivity contribution in [3.63, 3.8) is 0 Å². The van der Waals surface area contributed by atoms with Gasteiger partial charge in [-0.25, -0.2) is 4.57 Å². The summed E-state index contributed by atoms with van der Waals surface area (Å²) in [7, 11) is -24.1. The van der Waals surface area contributed by atoms with Gasteiger partial charge in [0.1, 0.15) is 6.54 Å². The molecule has 1 heterocycles. The number of halogens is 9. The van der Waals surface area contributed by atoms with Gasteiger partial charge in [0.15, 0.2) is 41.9 Å². The molecule has 0 aliphatic carbocycles. The fourth-order valence-electron chi connectivity index (χ4n) is 2.18. The van der Waals surface area contributed by atoms with Crippen LogP contribution >= 0.6 is 0 Å². The second-order valence-corrected chi connectivity index (χ2v) is 13.0. The van der Waals surface area contributed by atoms with Crippen molar-refractivity contribution in [2.24, 2.45) is 0 Å². The van der Waals surface area contributed by atoms with E-state index in [1.165, 1.54) is 24.0 Å². The largest absolute Gasteiger partial charge is 0.470 e. The second kappa shape index (κ2) is 10.5. The van der Waals surface area contributed by atoms with Gasteiger partial charge in [-0.05, 0) is 19.9 Å². The zero-order valence-electron chi connectivity index (χ0n) is 17.4. The molecule has 0 unspecified atom stereocenters. The Morgan fingerprint density at radius 1 is 0.706 bits per heavy atom. The van der Waals surface area contributed by atoms with Gasteiger partial charge in [0.2, 0.25) is 0 Å². The molecule has 0 amide bonds. The van der Waals surface area contributed by atoms with Crippen LogP contribution in [0, 0.1) is 17.8 Å². The van der Waals surface area contributed by atoms with Gasteiger partial charge in [0.05, 0.1) is 3.91 Å². The van der Waals surface area contributed by atoms with Crippen LogP contribution in [0.4, 0.5) is 39.5 Å². The van der Waals surface area contributed by atoms with Crippen molar-refractivity contribution in [2.45, 2.75) is 56.7 Å². The van der Waals surface area contributed by atoms with Crippen LogP contribution in [-0.2, 0) is 36.1 Å². The van der Waals surface area contributed by atoms with Crippen LogP contribution in [0.2, 0.25) is 0 Å². The Labute approximate surface area is 189 Å². The minimum absolute atomic E-state index is 1.15. The van der Waals surface area contributed by atoms with Gasteiger partial charge in [-0.2, -0.15) is 39.5 Å². The van der Waals surface area contributed by atoms with E-state index in [2.05, 4.69) is 43.8 Å². The number of alkyl halides is 9. The first kappa shape index (κ1) is 32.4. The molecule has 0 fully saturated rings. The number of aromatic nitrogens is 1. The molecular formula is C15H18F9NO6S3. The predicted molar refractivity (Wildman–Crippen MR) is 99.2 cm³/mol. The van der Waals surface area contributed by atoms with Crippen molar-refractivity contribution in [3.05, 3.63) is 33.5 Å². The van der Waals surface area contributed by atoms with E-state index in [0.717, 1.165) is 6.54 Å². The first-order valence-corrected chi connectivity index (χ1v) is 13.1. The highest BCUT2D eigenvalue weighted by Crippen LogP contribution is 2.47. The van der Waals surface area contributed by atoms with Crippen molar-refractivity contribution in [2.75, 3.05) is 0 Å². The maximum absolute atomic E-state index is 12.0. The van der Waals surface area contributed by atoms with Gasteiger partial charge >= 0.3 is 16.5 Å². The van der Waals surface area contributed by atoms with Crippen LogP contribution in [0.1, 0.15) is 30.9 Å². The van der Waals surface area contributed by atoms with E-state index in [9.17, 15) is 64.8 Å². The van der Waals surface area contributed by atoms with Gasteiger partial charge in [0, 0.05) is 17.5 Å². The van der Waals surface area contributed by atoms with Crippen molar-refractivity contribution < 1.29 is 69.3 Å². The lowest BCUT2D eigenvalue weighted by Gasteiger charge is -2.31. The van der Waals surface area contributed by atoms with E-state index in [1.807, 2.05) is 0 Å². The van der Waals surface area contributed by atoms with Crippen LogP contribution in [0.25, 0.3) is 0 Å². The molecule has 0 N–H and O–H groups in total. The molecule has 34 heavy (non-hydrogen) atoms. The maximum atomic E-state index is 12.0. The summed E-state index contributed by atoms with van der Waals surface area (Å²) in [5.41, 5.74) is -18.5. The van der Waals surface area contributed by atoms with Gasteiger partial charge in [-0.3, -0.25) is 25.3 Å². The second-order valence-electron chi connectivity index (χ2n) is 6.58. The first-order valence-electron chi connectivity index (χ1n) is 8.62. The molecule has 0 spiro atoms. The van der Waals surface area contributed by atoms with E-state index in [0.29, 0.717) is 0 Å². The van der Waals surface area contributed by atoms with Crippen molar-refractivity contribution in [1.82, 2.24) is 0 Å². The molecule has 19 heteroatoms. The van der Waals surface area contributed by atoms with Gasteiger partial charge < -0.3 is 0 Å². The number of rotatable bonds is 6. The van der Waals surface area contributed by atoms with E-state index in [-0.39, 0.29) is 0 Å². The molecular weight excluding hydrogens is 557 g/mol. The van der Waals surface area contributed by atoms with Crippen LogP contribution < -0.4 is 4.57 Å². The monoisotopic (exact) mass is 575 g/mol. The molecule has 200 valence electrons. The van der Waals surface area contributed by atoms with Gasteiger partial charge in [0.25, 0.3) is 0 Å². The summed E-state index contributed by atoms with van der Waals surface area (Å²) >= 11 is 0. The highest BCUT2D eigenvalue weighted by molar-refractivity contribution is 8.29. The molecule has 0 bridgehead atoms. The number of unbranched alkanes of at least 4 members (excludes halogenated alkanes) is 1. The van der Waals surface area contributed by atoms with Crippen molar-refractivity contribution in [1.29, 1.82) is 0 Å². The third-order valence-electron chi connectivity index (χ3n) is 3.54. The highest BCUT2D eigenvalue weighted by Gasteiger charge is 2.63. The molecule has 0 radical (unpaired) electrons. The minimum Gasteiger partial charge on any atom is -0.251 e. The Morgan fingerprint density at radius 2 is 1.00 bits per heavy atom. The zero-order valence-corrected chi connectivity index (χ0v) is 19.8. The van der Waals surface area contributed by atoms with E-state index >= 15 is 0 Å². The Bertz CT molecular complexity index is 1040. The van der Waals surface area contributed by atoms with Crippen LogP contribution in [-0.4, -0.2) is 41.8 Å². The topological polar surface area (TPSA) is 106 Å². The molecule has 1 aromatic rings. The minimum atomic E-state index is -8.02. The average Bonchev–Trinajstić information content (AvgIpc) is 2.56. The summed E-state index contributed by atoms with van der Waals surface area (Å²) in [5, 5.41) is 0. The summed E-state index contributed by atoms with van der Waals surface area (Å²) in [6.45, 7) is 7.67. The highest BCUT2D eigenvalue weighted by atomic mass is 32.3. The lowest BCUT2D eigenvalue weighted by atomic mass is 10.2. The van der Waals surface area contributed by atoms with Crippen LogP contribution in [0.3, 0.4) is 0 Å². The Hall–Kier alpha value is -1.63. The van der Waals surface area contributed by atoms with Gasteiger partial charge in [-0.15, -0.1) is 0 Å². The SMILES string of the molecule is CCCC[n+]1cc(C)cc(C)c1.O=S(=O)([C-](S(=O)(=O)C(F)(F)F)S(=O)(=O)C(F)(F)F)C(F)(F)F. The smallest absolute Gasteiger partial charge is 0.251 e. The van der Waals surface area contributed by atoms with E-state index in [1.54, 1.807) is 0 Å². The molecule has 0 aliphatic heterocycles. The third-order valence-corrected chi connectivity index (χ3v) is 10.6. The lowest BCUT2D eigenvalue weighted by molar-refractivity contribution is -0.698. The summed E-state index contributed by atoms with van der Waals surface area (Å²) in [4.78, 5) is 0. The molecule has 0 aromatic carbocycles. The van der Waals surface area contributed by atoms with Crippen molar-refractivity contribution >= 4 is 29.5 Å².